The number of nitrogens with two attached hydrogens (primary N) is 1. The van der Waals surface area contributed by atoms with Gasteiger partial charge < -0.3 is 16.3 Å². The molecule has 1 amide bonds. The van der Waals surface area contributed by atoms with Crippen molar-refractivity contribution in [1.82, 2.24) is 5.32 Å². The standard InChI is InChI=1S/C13H15ClFN3O2/c14-10-7-8(15)3-4-9(10)11(19)17-13(12(16)18-20)5-1-2-6-13/h3-4,7,20H,1-2,5-6H2,(H2,16,18)(H,17,19). The minimum atomic E-state index is -0.858. The van der Waals surface area contributed by atoms with Crippen molar-refractivity contribution < 1.29 is 14.4 Å². The normalized spacial score (nSPS) is 18.0. The second-order valence-corrected chi connectivity index (χ2v) is 5.26. The van der Waals surface area contributed by atoms with E-state index in [4.69, 9.17) is 22.5 Å². The molecule has 1 saturated carbocycles. The van der Waals surface area contributed by atoms with Crippen LogP contribution in [-0.2, 0) is 0 Å². The Hall–Kier alpha value is -1.82. The molecule has 0 bridgehead atoms. The first-order valence-electron chi connectivity index (χ1n) is 6.24. The van der Waals surface area contributed by atoms with Gasteiger partial charge in [0, 0.05) is 0 Å². The Labute approximate surface area is 120 Å². The number of nitrogens with zero attached hydrogens (tertiary/aromatic N) is 1. The van der Waals surface area contributed by atoms with Gasteiger partial charge in [-0.15, -0.1) is 0 Å². The predicted octanol–water partition coefficient (Wildman–Crippen LogP) is 2.27. The second kappa shape index (κ2) is 5.66. The second-order valence-electron chi connectivity index (χ2n) is 4.85. The van der Waals surface area contributed by atoms with E-state index in [9.17, 15) is 9.18 Å². The van der Waals surface area contributed by atoms with Crippen LogP contribution in [0.15, 0.2) is 23.4 Å². The maximum Gasteiger partial charge on any atom is 0.253 e. The van der Waals surface area contributed by atoms with Crippen LogP contribution in [0, 0.1) is 5.82 Å². The largest absolute Gasteiger partial charge is 0.409 e. The average molecular weight is 300 g/mol. The average Bonchev–Trinajstić information content (AvgIpc) is 2.87. The van der Waals surface area contributed by atoms with Gasteiger partial charge in [-0.25, -0.2) is 4.39 Å². The van der Waals surface area contributed by atoms with Crippen LogP contribution in [0.1, 0.15) is 36.0 Å². The zero-order valence-corrected chi connectivity index (χ0v) is 11.5. The van der Waals surface area contributed by atoms with Crippen LogP contribution < -0.4 is 11.1 Å². The van der Waals surface area contributed by atoms with E-state index >= 15 is 0 Å². The van der Waals surface area contributed by atoms with Crippen molar-refractivity contribution in [2.24, 2.45) is 10.9 Å². The number of benzene rings is 1. The van der Waals surface area contributed by atoms with Crippen LogP contribution >= 0.6 is 11.6 Å². The van der Waals surface area contributed by atoms with E-state index in [1.54, 1.807) is 0 Å². The SMILES string of the molecule is N/C(=N/O)C1(NC(=O)c2ccc(F)cc2Cl)CCCC1. The van der Waals surface area contributed by atoms with Crippen molar-refractivity contribution in [3.05, 3.63) is 34.6 Å². The fourth-order valence-electron chi connectivity index (χ4n) is 2.48. The molecule has 0 saturated heterocycles. The van der Waals surface area contributed by atoms with Gasteiger partial charge in [-0.2, -0.15) is 0 Å². The van der Waals surface area contributed by atoms with Crippen molar-refractivity contribution >= 4 is 23.3 Å². The Bertz CT molecular complexity index is 557. The molecule has 0 aromatic heterocycles. The number of rotatable bonds is 3. The fraction of sp³-hybridized carbons (Fsp3) is 0.385. The summed E-state index contributed by atoms with van der Waals surface area (Å²) in [4.78, 5) is 12.2. The molecular weight excluding hydrogens is 285 g/mol. The van der Waals surface area contributed by atoms with E-state index in [0.29, 0.717) is 12.8 Å². The van der Waals surface area contributed by atoms with E-state index in [1.165, 1.54) is 6.07 Å². The van der Waals surface area contributed by atoms with Crippen molar-refractivity contribution in [2.45, 2.75) is 31.2 Å². The van der Waals surface area contributed by atoms with Gasteiger partial charge in [0.1, 0.15) is 11.4 Å². The first-order chi connectivity index (χ1) is 9.48. The lowest BCUT2D eigenvalue weighted by atomic mass is 9.95. The number of hydrogen-bond donors (Lipinski definition) is 3. The first-order valence-corrected chi connectivity index (χ1v) is 6.62. The highest BCUT2D eigenvalue weighted by molar-refractivity contribution is 6.33. The number of amidine groups is 1. The smallest absolute Gasteiger partial charge is 0.253 e. The highest BCUT2D eigenvalue weighted by atomic mass is 35.5. The predicted molar refractivity (Wildman–Crippen MR) is 73.5 cm³/mol. The molecule has 5 nitrogen and oxygen atoms in total. The maximum atomic E-state index is 13.0. The van der Waals surface area contributed by atoms with Crippen LogP contribution in [0.5, 0.6) is 0 Å². The molecule has 20 heavy (non-hydrogen) atoms. The lowest BCUT2D eigenvalue weighted by molar-refractivity contribution is 0.0923. The monoisotopic (exact) mass is 299 g/mol. The third-order valence-electron chi connectivity index (χ3n) is 3.58. The van der Waals surface area contributed by atoms with Gasteiger partial charge in [-0.05, 0) is 31.0 Å². The van der Waals surface area contributed by atoms with Crippen molar-refractivity contribution in [3.63, 3.8) is 0 Å². The molecule has 0 aliphatic heterocycles. The van der Waals surface area contributed by atoms with Gasteiger partial charge in [0.15, 0.2) is 5.84 Å². The lowest BCUT2D eigenvalue weighted by Gasteiger charge is -2.28. The molecule has 0 unspecified atom stereocenters. The number of oxime groups is 1. The third-order valence-corrected chi connectivity index (χ3v) is 3.90. The molecule has 1 aliphatic carbocycles. The number of amides is 1. The highest BCUT2D eigenvalue weighted by Gasteiger charge is 2.40. The lowest BCUT2D eigenvalue weighted by Crippen LogP contribution is -2.55. The molecule has 2 rings (SSSR count). The van der Waals surface area contributed by atoms with E-state index in [1.807, 2.05) is 0 Å². The summed E-state index contributed by atoms with van der Waals surface area (Å²) in [6.07, 6.45) is 2.92. The highest BCUT2D eigenvalue weighted by Crippen LogP contribution is 2.30. The summed E-state index contributed by atoms with van der Waals surface area (Å²) in [6, 6.07) is 3.54. The van der Waals surface area contributed by atoms with Crippen molar-refractivity contribution in [2.75, 3.05) is 0 Å². The van der Waals surface area contributed by atoms with E-state index < -0.39 is 17.3 Å². The summed E-state index contributed by atoms with van der Waals surface area (Å²) < 4.78 is 13.0. The molecule has 0 spiro atoms. The third kappa shape index (κ3) is 2.70. The summed E-state index contributed by atoms with van der Waals surface area (Å²) in [5, 5.41) is 14.7. The van der Waals surface area contributed by atoms with Gasteiger partial charge in [0.2, 0.25) is 0 Å². The molecule has 7 heteroatoms. The minimum Gasteiger partial charge on any atom is -0.409 e. The molecular formula is C13H15ClFN3O2. The Kier molecular flexibility index (Phi) is 4.13. The van der Waals surface area contributed by atoms with Crippen LogP contribution in [-0.4, -0.2) is 22.5 Å². The quantitative estimate of drug-likeness (QED) is 0.346. The maximum absolute atomic E-state index is 13.0. The number of hydrogen-bond acceptors (Lipinski definition) is 3. The Morgan fingerprint density at radius 3 is 2.65 bits per heavy atom. The van der Waals surface area contributed by atoms with Crippen LogP contribution in [0.25, 0.3) is 0 Å². The summed E-state index contributed by atoms with van der Waals surface area (Å²) in [5.74, 6) is -1.01. The summed E-state index contributed by atoms with van der Waals surface area (Å²) in [7, 11) is 0. The van der Waals surface area contributed by atoms with Crippen LogP contribution in [0.2, 0.25) is 5.02 Å². The molecule has 1 aliphatic rings. The summed E-state index contributed by atoms with van der Waals surface area (Å²) >= 11 is 5.86. The number of carbonyl (C=O) groups excluding carboxylic acids is 1. The Morgan fingerprint density at radius 2 is 2.10 bits per heavy atom. The molecule has 108 valence electrons. The molecule has 1 aromatic carbocycles. The van der Waals surface area contributed by atoms with Gasteiger partial charge in [0.25, 0.3) is 5.91 Å². The van der Waals surface area contributed by atoms with E-state index in [0.717, 1.165) is 25.0 Å². The Morgan fingerprint density at radius 1 is 1.45 bits per heavy atom. The van der Waals surface area contributed by atoms with Gasteiger partial charge in [-0.1, -0.05) is 29.6 Å². The van der Waals surface area contributed by atoms with Gasteiger partial charge >= 0.3 is 0 Å². The van der Waals surface area contributed by atoms with Gasteiger partial charge in [-0.3, -0.25) is 4.79 Å². The van der Waals surface area contributed by atoms with E-state index in [2.05, 4.69) is 10.5 Å². The first kappa shape index (κ1) is 14.6. The summed E-state index contributed by atoms with van der Waals surface area (Å²) in [6.45, 7) is 0. The molecule has 0 atom stereocenters. The van der Waals surface area contributed by atoms with Crippen LogP contribution in [0.4, 0.5) is 4.39 Å². The minimum absolute atomic E-state index is 0.0233. The van der Waals surface area contributed by atoms with Crippen molar-refractivity contribution in [1.29, 1.82) is 0 Å². The topological polar surface area (TPSA) is 87.7 Å². The van der Waals surface area contributed by atoms with Crippen molar-refractivity contribution in [3.8, 4) is 0 Å². The van der Waals surface area contributed by atoms with E-state index in [-0.39, 0.29) is 16.4 Å². The fourth-order valence-corrected chi connectivity index (χ4v) is 2.73. The number of nitrogens with one attached hydrogen (secondary N) is 1. The molecule has 0 radical (unpaired) electrons. The molecule has 1 aromatic rings. The Balaban J connectivity index is 2.25. The molecule has 0 heterocycles. The molecule has 4 N–H and O–H groups in total. The number of halogens is 2. The number of carbonyl (C=O) groups is 1. The zero-order valence-electron chi connectivity index (χ0n) is 10.7. The summed E-state index contributed by atoms with van der Waals surface area (Å²) in [5.41, 5.74) is 4.99. The van der Waals surface area contributed by atoms with Crippen LogP contribution in [0.3, 0.4) is 0 Å². The molecule has 1 fully saturated rings. The van der Waals surface area contributed by atoms with Gasteiger partial charge in [0.05, 0.1) is 10.6 Å². The zero-order chi connectivity index (χ0) is 14.8.